The van der Waals surface area contributed by atoms with Crippen molar-refractivity contribution in [1.29, 1.82) is 0 Å². The molecule has 0 fully saturated rings. The fourth-order valence-corrected chi connectivity index (χ4v) is 7.42. The summed E-state index contributed by atoms with van der Waals surface area (Å²) in [6.07, 6.45) is 0. The van der Waals surface area contributed by atoms with E-state index in [2.05, 4.69) is 25.4 Å². The average molecular weight is 506 g/mol. The third-order valence-electron chi connectivity index (χ3n) is 4.68. The molecule has 0 aliphatic carbocycles. The number of benzene rings is 2. The fraction of sp³-hybridized carbons (Fsp3) is 0.200. The summed E-state index contributed by atoms with van der Waals surface area (Å²) in [6, 6.07) is 16.7. The molecule has 1 atom stereocenters. The van der Waals surface area contributed by atoms with Crippen molar-refractivity contribution in [1.82, 2.24) is 15.6 Å². The van der Waals surface area contributed by atoms with Crippen molar-refractivity contribution in [2.45, 2.75) is 16.8 Å². The number of para-hydroxylation sites is 1. The number of Topliss-reactive ketones (excluding diaryl/α,β-unsaturated/α-hetero) is 1. The summed E-state index contributed by atoms with van der Waals surface area (Å²) in [5.41, 5.74) is 3.26. The van der Waals surface area contributed by atoms with Crippen LogP contribution in [0.15, 0.2) is 65.8 Å². The van der Waals surface area contributed by atoms with Crippen LogP contribution in [-0.4, -0.2) is 50.3 Å². The molecular formula is C20H19N5O5S3. The molecule has 0 spiro atoms. The zero-order chi connectivity index (χ0) is 23.5. The molecule has 0 amide bonds. The lowest BCUT2D eigenvalue weighted by Crippen LogP contribution is -2.36. The van der Waals surface area contributed by atoms with Crippen molar-refractivity contribution < 1.29 is 21.6 Å². The highest BCUT2D eigenvalue weighted by atomic mass is 32.2. The van der Waals surface area contributed by atoms with Crippen molar-refractivity contribution in [3.05, 3.63) is 76.2 Å². The monoisotopic (exact) mass is 505 g/mol. The molecular weight excluding hydrogens is 486 g/mol. The molecule has 3 aromatic rings. The quantitative estimate of drug-likeness (QED) is 0.417. The zero-order valence-corrected chi connectivity index (χ0v) is 19.5. The minimum absolute atomic E-state index is 0.0305. The predicted octanol–water partition coefficient (Wildman–Crippen LogP) is 1.61. The number of hydrazone groups is 1. The number of nitrogens with one attached hydrogen (secondary N) is 2. The molecule has 10 nitrogen and oxygen atoms in total. The number of carbonyl (C=O) groups excluding carboxylic acids is 1. The van der Waals surface area contributed by atoms with Crippen LogP contribution in [0.1, 0.15) is 20.4 Å². The minimum atomic E-state index is -3.87. The van der Waals surface area contributed by atoms with E-state index in [1.807, 2.05) is 0 Å². The predicted molar refractivity (Wildman–Crippen MR) is 125 cm³/mol. The standard InChI is InChI=1S/C20H19N5O5S3/c26-20(14-7-3-1-4-8-14)19-16(11-21-24-19)32(27,28)12-17-22-23-18(31-17)13-33(29,30)25-15-9-5-2-6-10-15/h1-10,16,21,25H,11-13H2/t16-/m0/s1. The van der Waals surface area contributed by atoms with Crippen LogP contribution in [0.5, 0.6) is 0 Å². The van der Waals surface area contributed by atoms with Crippen molar-refractivity contribution in [3.8, 4) is 0 Å². The van der Waals surface area contributed by atoms with Crippen LogP contribution in [0.4, 0.5) is 5.69 Å². The Hall–Kier alpha value is -3.16. The molecule has 0 saturated carbocycles. The molecule has 1 aliphatic heterocycles. The number of rotatable bonds is 9. The van der Waals surface area contributed by atoms with Gasteiger partial charge in [0.25, 0.3) is 0 Å². The maximum Gasteiger partial charge on any atom is 0.239 e. The summed E-state index contributed by atoms with van der Waals surface area (Å²) in [5.74, 6) is -1.39. The fourth-order valence-electron chi connectivity index (χ4n) is 3.18. The van der Waals surface area contributed by atoms with Gasteiger partial charge in [-0.25, -0.2) is 16.8 Å². The van der Waals surface area contributed by atoms with Gasteiger partial charge in [-0.05, 0) is 12.1 Å². The Morgan fingerprint density at radius 3 is 2.21 bits per heavy atom. The Labute approximate surface area is 194 Å². The largest absolute Gasteiger partial charge is 0.308 e. The summed E-state index contributed by atoms with van der Waals surface area (Å²) < 4.78 is 53.2. The van der Waals surface area contributed by atoms with Crippen molar-refractivity contribution in [3.63, 3.8) is 0 Å². The molecule has 2 heterocycles. The van der Waals surface area contributed by atoms with E-state index in [0.29, 0.717) is 11.3 Å². The third-order valence-corrected chi connectivity index (χ3v) is 9.10. The van der Waals surface area contributed by atoms with Gasteiger partial charge in [-0.1, -0.05) is 59.9 Å². The van der Waals surface area contributed by atoms with E-state index in [-0.39, 0.29) is 22.3 Å². The first-order valence-corrected chi connectivity index (χ1v) is 13.9. The lowest BCUT2D eigenvalue weighted by molar-refractivity contribution is 0.106. The molecule has 1 aliphatic rings. The topological polar surface area (TPSA) is 148 Å². The number of sulfonamides is 1. The maximum atomic E-state index is 13.0. The molecule has 2 N–H and O–H groups in total. The number of aromatic nitrogens is 2. The molecule has 172 valence electrons. The van der Waals surface area contributed by atoms with Crippen molar-refractivity contribution >= 4 is 48.4 Å². The zero-order valence-electron chi connectivity index (χ0n) is 17.1. The summed E-state index contributed by atoms with van der Waals surface area (Å²) in [4.78, 5) is 12.7. The highest BCUT2D eigenvalue weighted by Gasteiger charge is 2.38. The number of sulfone groups is 1. The Morgan fingerprint density at radius 2 is 1.55 bits per heavy atom. The first kappa shape index (κ1) is 23.0. The van der Waals surface area contributed by atoms with E-state index < -0.39 is 42.4 Å². The SMILES string of the molecule is O=C(C1=NNC[C@@H]1S(=O)(=O)Cc1nnc(CS(=O)(=O)Nc2ccccc2)s1)c1ccccc1. The number of ketones is 1. The van der Waals surface area contributed by atoms with Gasteiger partial charge < -0.3 is 5.43 Å². The molecule has 4 rings (SSSR count). The van der Waals surface area contributed by atoms with Crippen LogP contribution in [0.2, 0.25) is 0 Å². The van der Waals surface area contributed by atoms with Crippen LogP contribution in [0.3, 0.4) is 0 Å². The van der Waals surface area contributed by atoms with E-state index in [9.17, 15) is 21.6 Å². The van der Waals surface area contributed by atoms with E-state index in [1.165, 1.54) is 0 Å². The van der Waals surface area contributed by atoms with Gasteiger partial charge in [-0.15, -0.1) is 10.2 Å². The van der Waals surface area contributed by atoms with E-state index in [1.54, 1.807) is 60.7 Å². The van der Waals surface area contributed by atoms with Gasteiger partial charge in [0.2, 0.25) is 15.8 Å². The number of hydrogen-bond donors (Lipinski definition) is 2. The molecule has 0 unspecified atom stereocenters. The highest BCUT2D eigenvalue weighted by Crippen LogP contribution is 2.21. The number of hydrogen-bond acceptors (Lipinski definition) is 10. The number of anilines is 1. The summed E-state index contributed by atoms with van der Waals surface area (Å²) in [6.45, 7) is -0.0305. The van der Waals surface area contributed by atoms with Gasteiger partial charge in [0.05, 0.1) is 6.54 Å². The summed E-state index contributed by atoms with van der Waals surface area (Å²) in [5, 5.41) is 10.7. The lowest BCUT2D eigenvalue weighted by atomic mass is 10.1. The lowest BCUT2D eigenvalue weighted by Gasteiger charge is -2.11. The van der Waals surface area contributed by atoms with Crippen LogP contribution in [-0.2, 0) is 31.4 Å². The van der Waals surface area contributed by atoms with Gasteiger partial charge in [-0.2, -0.15) is 5.10 Å². The van der Waals surface area contributed by atoms with Crippen LogP contribution < -0.4 is 10.1 Å². The smallest absolute Gasteiger partial charge is 0.239 e. The molecule has 0 bridgehead atoms. The molecule has 13 heteroatoms. The second kappa shape index (κ2) is 9.37. The van der Waals surface area contributed by atoms with Gasteiger partial charge in [0, 0.05) is 11.3 Å². The first-order chi connectivity index (χ1) is 15.7. The average Bonchev–Trinajstić information content (AvgIpc) is 3.44. The normalized spacial score (nSPS) is 16.1. The molecule has 0 saturated heterocycles. The van der Waals surface area contributed by atoms with Gasteiger partial charge in [-0.3, -0.25) is 9.52 Å². The Balaban J connectivity index is 1.45. The molecule has 0 radical (unpaired) electrons. The minimum Gasteiger partial charge on any atom is -0.308 e. The van der Waals surface area contributed by atoms with Crippen molar-refractivity contribution in [2.75, 3.05) is 11.3 Å². The Kier molecular flexibility index (Phi) is 6.54. The summed E-state index contributed by atoms with van der Waals surface area (Å²) in [7, 11) is -7.62. The van der Waals surface area contributed by atoms with Gasteiger partial charge in [0.1, 0.15) is 32.5 Å². The van der Waals surface area contributed by atoms with Crippen LogP contribution in [0.25, 0.3) is 0 Å². The summed E-state index contributed by atoms with van der Waals surface area (Å²) >= 11 is 0.896. The second-order valence-corrected chi connectivity index (χ2v) is 12.2. The van der Waals surface area contributed by atoms with E-state index in [4.69, 9.17) is 0 Å². The Bertz CT molecular complexity index is 1390. The molecule has 33 heavy (non-hydrogen) atoms. The number of carbonyl (C=O) groups is 1. The maximum absolute atomic E-state index is 13.0. The second-order valence-electron chi connectivity index (χ2n) is 7.17. The highest BCUT2D eigenvalue weighted by molar-refractivity contribution is 7.92. The Morgan fingerprint density at radius 1 is 0.939 bits per heavy atom. The van der Waals surface area contributed by atoms with Crippen molar-refractivity contribution in [2.24, 2.45) is 5.10 Å². The van der Waals surface area contributed by atoms with Crippen LogP contribution in [0, 0.1) is 0 Å². The number of nitrogens with zero attached hydrogens (tertiary/aromatic N) is 3. The third kappa shape index (κ3) is 5.61. The molecule has 2 aromatic carbocycles. The van der Waals surface area contributed by atoms with E-state index in [0.717, 1.165) is 11.3 Å². The first-order valence-electron chi connectivity index (χ1n) is 9.72. The molecule has 1 aromatic heterocycles. The van der Waals surface area contributed by atoms with Gasteiger partial charge in [0.15, 0.2) is 9.84 Å². The van der Waals surface area contributed by atoms with E-state index >= 15 is 0 Å². The van der Waals surface area contributed by atoms with Crippen LogP contribution >= 0.6 is 11.3 Å². The van der Waals surface area contributed by atoms with Gasteiger partial charge >= 0.3 is 0 Å².